The zero-order chi connectivity index (χ0) is 42.3. The Morgan fingerprint density at radius 2 is 0.672 bits per heavy atom. The van der Waals surface area contributed by atoms with Crippen LogP contribution in [0.5, 0.6) is 0 Å². The Kier molecular flexibility index (Phi) is 7.99. The van der Waals surface area contributed by atoms with E-state index in [4.69, 9.17) is 15.0 Å². The standard InChI is InChI=1S/C57H35FN6/c58-43-31-19-35-47(51(43)57-60-55(36-20-5-1-6-21-36)59-56(61-57)37-22-7-2-8-23-37)64-46-34-18-15-30-42(46)50-53-48(40-28-13-16-32-44(40)62(53)38-24-9-3-10-25-38)52-49(54(50)64)41-29-14-17-33-45(41)63(52)39-26-11-4-12-27-39/h1-35H. The van der Waals surface area contributed by atoms with Crippen molar-refractivity contribution < 1.29 is 4.39 Å². The number of fused-ring (bicyclic) bond motifs is 12. The highest BCUT2D eigenvalue weighted by Gasteiger charge is 2.30. The van der Waals surface area contributed by atoms with Gasteiger partial charge >= 0.3 is 0 Å². The van der Waals surface area contributed by atoms with Crippen LogP contribution in [-0.4, -0.2) is 28.7 Å². The second-order valence-electron chi connectivity index (χ2n) is 16.1. The van der Waals surface area contributed by atoms with Crippen LogP contribution in [0.15, 0.2) is 212 Å². The molecule has 64 heavy (non-hydrogen) atoms. The number of aromatic nitrogens is 6. The van der Waals surface area contributed by atoms with E-state index in [0.717, 1.165) is 87.9 Å². The Morgan fingerprint density at radius 1 is 0.312 bits per heavy atom. The number of halogens is 1. The van der Waals surface area contributed by atoms with Gasteiger partial charge in [0.25, 0.3) is 0 Å². The number of rotatable bonds is 6. The smallest absolute Gasteiger partial charge is 0.169 e. The van der Waals surface area contributed by atoms with Gasteiger partial charge in [0.05, 0.1) is 44.4 Å². The van der Waals surface area contributed by atoms with Crippen LogP contribution < -0.4 is 0 Å². The van der Waals surface area contributed by atoms with Crippen molar-refractivity contribution in [2.45, 2.75) is 0 Å². The summed E-state index contributed by atoms with van der Waals surface area (Å²) in [7, 11) is 0. The van der Waals surface area contributed by atoms with Gasteiger partial charge in [-0.2, -0.15) is 0 Å². The van der Waals surface area contributed by atoms with Crippen LogP contribution in [-0.2, 0) is 0 Å². The molecule has 0 spiro atoms. The van der Waals surface area contributed by atoms with E-state index < -0.39 is 5.82 Å². The van der Waals surface area contributed by atoms with Crippen molar-refractivity contribution in [1.82, 2.24) is 28.7 Å². The molecule has 7 heteroatoms. The zero-order valence-electron chi connectivity index (χ0n) is 34.3. The SMILES string of the molecule is Fc1cccc(-n2c3ccccc3c3c4c(c5ccccc5n4-c4ccccc4)c4c(c5ccccc5n4-c4ccccc4)c32)c1-c1nc(-c2ccccc2)nc(-c2ccccc2)n1. The molecule has 0 saturated carbocycles. The molecule has 9 aromatic carbocycles. The molecule has 0 N–H and O–H groups in total. The van der Waals surface area contributed by atoms with Crippen LogP contribution in [0.25, 0.3) is 117 Å². The number of benzene rings is 9. The molecule has 0 bridgehead atoms. The predicted molar refractivity (Wildman–Crippen MR) is 259 cm³/mol. The number of hydrogen-bond acceptors (Lipinski definition) is 3. The third-order valence-electron chi connectivity index (χ3n) is 12.5. The van der Waals surface area contributed by atoms with Gasteiger partial charge in [-0.1, -0.05) is 158 Å². The molecule has 6 nitrogen and oxygen atoms in total. The summed E-state index contributed by atoms with van der Waals surface area (Å²) in [5.41, 5.74) is 10.8. The summed E-state index contributed by atoms with van der Waals surface area (Å²) in [5.74, 6) is 0.732. The van der Waals surface area contributed by atoms with Gasteiger partial charge in [0, 0.05) is 54.8 Å². The lowest BCUT2D eigenvalue weighted by Gasteiger charge is -2.16. The minimum atomic E-state index is -0.435. The van der Waals surface area contributed by atoms with E-state index >= 15 is 4.39 Å². The fraction of sp³-hybridized carbons (Fsp3) is 0. The average Bonchev–Trinajstić information content (AvgIpc) is 4.01. The molecular weight excluding hydrogens is 788 g/mol. The maximum Gasteiger partial charge on any atom is 0.169 e. The van der Waals surface area contributed by atoms with E-state index in [9.17, 15) is 0 Å². The quantitative estimate of drug-likeness (QED) is 0.168. The van der Waals surface area contributed by atoms with Gasteiger partial charge in [0.2, 0.25) is 0 Å². The van der Waals surface area contributed by atoms with Crippen LogP contribution >= 0.6 is 0 Å². The summed E-state index contributed by atoms with van der Waals surface area (Å²) in [6, 6.07) is 72.0. The fourth-order valence-electron chi connectivity index (χ4n) is 9.93. The molecule has 13 aromatic rings. The lowest BCUT2D eigenvalue weighted by atomic mass is 10.0. The van der Waals surface area contributed by atoms with Gasteiger partial charge in [-0.15, -0.1) is 0 Å². The van der Waals surface area contributed by atoms with Crippen LogP contribution in [0, 0.1) is 5.82 Å². The first kappa shape index (κ1) is 36.0. The highest BCUT2D eigenvalue weighted by Crippen LogP contribution is 2.51. The fourth-order valence-corrected chi connectivity index (χ4v) is 9.93. The third kappa shape index (κ3) is 5.28. The molecule has 4 aromatic heterocycles. The molecule has 0 unspecified atom stereocenters. The number of hydrogen-bond donors (Lipinski definition) is 0. The molecular formula is C57H35FN6. The summed E-state index contributed by atoms with van der Waals surface area (Å²) in [5, 5.41) is 6.54. The molecule has 300 valence electrons. The van der Waals surface area contributed by atoms with Crippen molar-refractivity contribution in [3.63, 3.8) is 0 Å². The zero-order valence-corrected chi connectivity index (χ0v) is 34.3. The monoisotopic (exact) mass is 822 g/mol. The minimum Gasteiger partial charge on any atom is -0.308 e. The Balaban J connectivity index is 1.27. The van der Waals surface area contributed by atoms with E-state index in [1.54, 1.807) is 6.07 Å². The van der Waals surface area contributed by atoms with Crippen molar-refractivity contribution in [3.8, 4) is 51.2 Å². The average molecular weight is 823 g/mol. The van der Waals surface area contributed by atoms with Gasteiger partial charge in [-0.05, 0) is 54.6 Å². The second-order valence-corrected chi connectivity index (χ2v) is 16.1. The Hall–Kier alpha value is -8.68. The largest absolute Gasteiger partial charge is 0.308 e. The van der Waals surface area contributed by atoms with Crippen molar-refractivity contribution in [2.24, 2.45) is 0 Å². The molecule has 0 radical (unpaired) electrons. The van der Waals surface area contributed by atoms with Crippen LogP contribution in [0.1, 0.15) is 0 Å². The maximum atomic E-state index is 17.3. The van der Waals surface area contributed by atoms with Crippen LogP contribution in [0.2, 0.25) is 0 Å². The Labute approximate surface area is 366 Å². The van der Waals surface area contributed by atoms with E-state index in [0.29, 0.717) is 17.3 Å². The molecule has 0 fully saturated rings. The van der Waals surface area contributed by atoms with E-state index in [-0.39, 0.29) is 11.4 Å². The Morgan fingerprint density at radius 3 is 1.12 bits per heavy atom. The van der Waals surface area contributed by atoms with Gasteiger partial charge < -0.3 is 13.7 Å². The van der Waals surface area contributed by atoms with Crippen molar-refractivity contribution in [2.75, 3.05) is 0 Å². The Bertz CT molecular complexity index is 3820. The molecule has 4 heterocycles. The van der Waals surface area contributed by atoms with Gasteiger partial charge in [-0.25, -0.2) is 19.3 Å². The summed E-state index contributed by atoms with van der Waals surface area (Å²) >= 11 is 0. The van der Waals surface area contributed by atoms with Gasteiger partial charge in [0.15, 0.2) is 17.5 Å². The van der Waals surface area contributed by atoms with E-state index in [2.05, 4.69) is 147 Å². The lowest BCUT2D eigenvalue weighted by Crippen LogP contribution is -2.05. The van der Waals surface area contributed by atoms with Crippen molar-refractivity contribution in [1.29, 1.82) is 0 Å². The van der Waals surface area contributed by atoms with Crippen LogP contribution in [0.4, 0.5) is 4.39 Å². The number of nitrogens with zero attached hydrogens (tertiary/aromatic N) is 6. The second kappa shape index (κ2) is 14.2. The molecule has 13 rings (SSSR count). The minimum absolute atomic E-state index is 0.245. The first-order valence-corrected chi connectivity index (χ1v) is 21.4. The first-order valence-electron chi connectivity index (χ1n) is 21.4. The molecule has 0 aliphatic rings. The normalized spacial score (nSPS) is 11.8. The molecule has 0 aliphatic carbocycles. The van der Waals surface area contributed by atoms with Gasteiger partial charge in [-0.3, -0.25) is 0 Å². The first-order chi connectivity index (χ1) is 31.7. The molecule has 0 amide bonds. The summed E-state index contributed by atoms with van der Waals surface area (Å²) < 4.78 is 24.4. The van der Waals surface area contributed by atoms with Crippen molar-refractivity contribution >= 4 is 65.4 Å². The van der Waals surface area contributed by atoms with Crippen LogP contribution in [0.3, 0.4) is 0 Å². The van der Waals surface area contributed by atoms with E-state index in [1.807, 2.05) is 66.7 Å². The highest BCUT2D eigenvalue weighted by molar-refractivity contribution is 6.40. The highest BCUT2D eigenvalue weighted by atomic mass is 19.1. The summed E-state index contributed by atoms with van der Waals surface area (Å²) in [4.78, 5) is 15.2. The predicted octanol–water partition coefficient (Wildman–Crippen LogP) is 14.3. The van der Waals surface area contributed by atoms with E-state index in [1.165, 1.54) is 6.07 Å². The van der Waals surface area contributed by atoms with Crippen molar-refractivity contribution in [3.05, 3.63) is 218 Å². The summed E-state index contributed by atoms with van der Waals surface area (Å²) in [6.45, 7) is 0. The molecule has 0 saturated heterocycles. The number of para-hydroxylation sites is 5. The third-order valence-corrected chi connectivity index (χ3v) is 12.5. The summed E-state index contributed by atoms with van der Waals surface area (Å²) in [6.07, 6.45) is 0. The maximum absolute atomic E-state index is 17.3. The topological polar surface area (TPSA) is 53.5 Å². The van der Waals surface area contributed by atoms with Gasteiger partial charge in [0.1, 0.15) is 5.82 Å². The molecule has 0 atom stereocenters. The lowest BCUT2D eigenvalue weighted by molar-refractivity contribution is 0.629. The molecule has 0 aliphatic heterocycles.